The van der Waals surface area contributed by atoms with E-state index in [1.807, 2.05) is 0 Å². The molecular weight excluding hydrogens is 456 g/mol. The van der Waals surface area contributed by atoms with Crippen molar-refractivity contribution in [3.8, 4) is 5.75 Å². The zero-order valence-electron chi connectivity index (χ0n) is 19.2. The van der Waals surface area contributed by atoms with Gasteiger partial charge in [-0.05, 0) is 30.2 Å². The standard InChI is InChI=1S/C24H30N4O7/c1-14(25)21(31)28-20(13-29)23(33)26-18(11-15-5-3-2-4-6-15)22(32)27-19(24(34)35)12-16-7-9-17(30)10-8-16/h2-10,14,18-20,29-30H,11-13,25H2,1H3,(H,26,33)(H,27,32)(H,28,31)(H,34,35). The number of carboxylic acid groups (broad SMARTS) is 1. The van der Waals surface area contributed by atoms with Crippen LogP contribution < -0.4 is 21.7 Å². The van der Waals surface area contributed by atoms with Crippen molar-refractivity contribution < 1.29 is 34.5 Å². The molecule has 0 aliphatic heterocycles. The summed E-state index contributed by atoms with van der Waals surface area (Å²) in [6.45, 7) is 0.677. The lowest BCUT2D eigenvalue weighted by Crippen LogP contribution is -2.58. The van der Waals surface area contributed by atoms with E-state index in [0.717, 1.165) is 0 Å². The van der Waals surface area contributed by atoms with E-state index in [1.54, 1.807) is 30.3 Å². The van der Waals surface area contributed by atoms with Crippen LogP contribution in [0.1, 0.15) is 18.1 Å². The minimum absolute atomic E-state index is 0.0184. The highest BCUT2D eigenvalue weighted by Gasteiger charge is 2.30. The van der Waals surface area contributed by atoms with E-state index in [9.17, 15) is 34.5 Å². The number of nitrogens with two attached hydrogens (primary N) is 1. The topological polar surface area (TPSA) is 191 Å². The Bertz CT molecular complexity index is 1010. The van der Waals surface area contributed by atoms with Crippen molar-refractivity contribution in [1.82, 2.24) is 16.0 Å². The summed E-state index contributed by atoms with van der Waals surface area (Å²) in [5.41, 5.74) is 6.75. The summed E-state index contributed by atoms with van der Waals surface area (Å²) in [5.74, 6) is -3.52. The lowest BCUT2D eigenvalue weighted by Gasteiger charge is -2.24. The molecule has 0 aliphatic rings. The molecule has 0 aromatic heterocycles. The number of aromatic hydroxyl groups is 1. The van der Waals surface area contributed by atoms with Gasteiger partial charge in [-0.3, -0.25) is 14.4 Å². The number of hydrogen-bond acceptors (Lipinski definition) is 7. The second-order valence-electron chi connectivity index (χ2n) is 8.05. The molecule has 188 valence electrons. The van der Waals surface area contributed by atoms with Crippen molar-refractivity contribution in [2.24, 2.45) is 5.73 Å². The fourth-order valence-corrected chi connectivity index (χ4v) is 3.17. The van der Waals surface area contributed by atoms with E-state index < -0.39 is 54.5 Å². The Morgan fingerprint density at radius 2 is 1.26 bits per heavy atom. The molecule has 11 heteroatoms. The van der Waals surface area contributed by atoms with Crippen molar-refractivity contribution in [2.75, 3.05) is 6.61 Å². The van der Waals surface area contributed by atoms with Crippen molar-refractivity contribution in [1.29, 1.82) is 0 Å². The van der Waals surface area contributed by atoms with Gasteiger partial charge in [-0.1, -0.05) is 42.5 Å². The van der Waals surface area contributed by atoms with E-state index in [4.69, 9.17) is 5.73 Å². The van der Waals surface area contributed by atoms with E-state index in [-0.39, 0.29) is 18.6 Å². The van der Waals surface area contributed by atoms with Gasteiger partial charge in [0.25, 0.3) is 0 Å². The predicted octanol–water partition coefficient (Wildman–Crippen LogP) is -0.944. The molecule has 35 heavy (non-hydrogen) atoms. The van der Waals surface area contributed by atoms with Gasteiger partial charge in [0.15, 0.2) is 0 Å². The fourth-order valence-electron chi connectivity index (χ4n) is 3.17. The summed E-state index contributed by atoms with van der Waals surface area (Å²) >= 11 is 0. The number of nitrogens with one attached hydrogen (secondary N) is 3. The maximum absolute atomic E-state index is 13.1. The number of aliphatic hydroxyl groups excluding tert-OH is 1. The molecule has 11 nitrogen and oxygen atoms in total. The van der Waals surface area contributed by atoms with Gasteiger partial charge < -0.3 is 37.0 Å². The van der Waals surface area contributed by atoms with Crippen molar-refractivity contribution in [2.45, 2.75) is 43.9 Å². The number of rotatable bonds is 12. The summed E-state index contributed by atoms with van der Waals surface area (Å²) in [6.07, 6.45) is -0.0274. The number of aliphatic hydroxyl groups is 1. The minimum atomic E-state index is -1.35. The molecule has 0 aliphatic carbocycles. The molecule has 4 unspecified atom stereocenters. The van der Waals surface area contributed by atoms with Crippen molar-refractivity contribution >= 4 is 23.7 Å². The molecule has 2 aromatic carbocycles. The number of phenolic OH excluding ortho intramolecular Hbond substituents is 1. The zero-order chi connectivity index (χ0) is 26.0. The highest BCUT2D eigenvalue weighted by atomic mass is 16.4. The molecule has 8 N–H and O–H groups in total. The second kappa shape index (κ2) is 13.1. The van der Waals surface area contributed by atoms with Crippen LogP contribution in [0.25, 0.3) is 0 Å². The largest absolute Gasteiger partial charge is 0.508 e. The smallest absolute Gasteiger partial charge is 0.326 e. The van der Waals surface area contributed by atoms with E-state index >= 15 is 0 Å². The van der Waals surface area contributed by atoms with Crippen LogP contribution in [0, 0.1) is 0 Å². The van der Waals surface area contributed by atoms with Crippen molar-refractivity contribution in [3.63, 3.8) is 0 Å². The fraction of sp³-hybridized carbons (Fsp3) is 0.333. The van der Waals surface area contributed by atoms with Crippen LogP contribution in [0.3, 0.4) is 0 Å². The van der Waals surface area contributed by atoms with Gasteiger partial charge in [0, 0.05) is 12.8 Å². The number of hydrogen-bond donors (Lipinski definition) is 7. The average molecular weight is 487 g/mol. The number of phenols is 1. The first kappa shape index (κ1) is 27.3. The number of carbonyl (C=O) groups excluding carboxylic acids is 3. The monoisotopic (exact) mass is 486 g/mol. The molecule has 3 amide bonds. The Balaban J connectivity index is 2.20. The molecule has 0 saturated heterocycles. The lowest BCUT2D eigenvalue weighted by molar-refractivity contribution is -0.142. The van der Waals surface area contributed by atoms with Crippen LogP contribution in [0.15, 0.2) is 54.6 Å². The van der Waals surface area contributed by atoms with Crippen LogP contribution >= 0.6 is 0 Å². The third kappa shape index (κ3) is 8.72. The number of amides is 3. The first-order chi connectivity index (χ1) is 16.6. The Kier molecular flexibility index (Phi) is 10.2. The third-order valence-electron chi connectivity index (χ3n) is 5.14. The third-order valence-corrected chi connectivity index (χ3v) is 5.14. The Morgan fingerprint density at radius 1 is 0.771 bits per heavy atom. The second-order valence-corrected chi connectivity index (χ2v) is 8.05. The van der Waals surface area contributed by atoms with Gasteiger partial charge in [0.1, 0.15) is 23.9 Å². The maximum atomic E-state index is 13.1. The van der Waals surface area contributed by atoms with Gasteiger partial charge in [-0.2, -0.15) is 0 Å². The molecule has 0 bridgehead atoms. The Labute approximate surface area is 202 Å². The highest BCUT2D eigenvalue weighted by Crippen LogP contribution is 2.12. The quantitative estimate of drug-likeness (QED) is 0.200. The van der Waals surface area contributed by atoms with Gasteiger partial charge in [-0.25, -0.2) is 4.79 Å². The number of benzene rings is 2. The molecule has 0 saturated carbocycles. The molecule has 0 fully saturated rings. The number of carboxylic acids is 1. The van der Waals surface area contributed by atoms with Crippen LogP contribution in [-0.4, -0.2) is 69.8 Å². The SMILES string of the molecule is CC(N)C(=O)NC(CO)C(=O)NC(Cc1ccccc1)C(=O)NC(Cc1ccc(O)cc1)C(=O)O. The molecule has 4 atom stereocenters. The Morgan fingerprint density at radius 3 is 1.80 bits per heavy atom. The summed E-state index contributed by atoms with van der Waals surface area (Å²) in [7, 11) is 0. The lowest BCUT2D eigenvalue weighted by atomic mass is 10.0. The number of carbonyl (C=O) groups is 4. The van der Waals surface area contributed by atoms with Gasteiger partial charge in [0.05, 0.1) is 12.6 Å². The number of aliphatic carboxylic acids is 1. The molecule has 2 rings (SSSR count). The average Bonchev–Trinajstić information content (AvgIpc) is 2.83. The van der Waals surface area contributed by atoms with Crippen LogP contribution in [0.2, 0.25) is 0 Å². The van der Waals surface area contributed by atoms with Gasteiger partial charge in [-0.15, -0.1) is 0 Å². The van der Waals surface area contributed by atoms with Crippen molar-refractivity contribution in [3.05, 3.63) is 65.7 Å². The van der Waals surface area contributed by atoms with Crippen LogP contribution in [-0.2, 0) is 32.0 Å². The molecular formula is C24H30N4O7. The summed E-state index contributed by atoms with van der Waals surface area (Å²) < 4.78 is 0. The molecule has 0 heterocycles. The van der Waals surface area contributed by atoms with Gasteiger partial charge in [0.2, 0.25) is 17.7 Å². The summed E-state index contributed by atoms with van der Waals surface area (Å²) in [4.78, 5) is 49.5. The van der Waals surface area contributed by atoms with Gasteiger partial charge >= 0.3 is 5.97 Å². The first-order valence-corrected chi connectivity index (χ1v) is 10.9. The Hall–Kier alpha value is -3.96. The van der Waals surface area contributed by atoms with E-state index in [1.165, 1.54) is 31.2 Å². The van der Waals surface area contributed by atoms with E-state index in [0.29, 0.717) is 11.1 Å². The van der Waals surface area contributed by atoms with Crippen LogP contribution in [0.5, 0.6) is 5.75 Å². The molecule has 2 aromatic rings. The first-order valence-electron chi connectivity index (χ1n) is 10.9. The predicted molar refractivity (Wildman–Crippen MR) is 126 cm³/mol. The normalized spacial score (nSPS) is 14.1. The minimum Gasteiger partial charge on any atom is -0.508 e. The zero-order valence-corrected chi connectivity index (χ0v) is 19.2. The molecule has 0 radical (unpaired) electrons. The molecule has 0 spiro atoms. The highest BCUT2D eigenvalue weighted by molar-refractivity contribution is 5.94. The van der Waals surface area contributed by atoms with E-state index in [2.05, 4.69) is 16.0 Å². The van der Waals surface area contributed by atoms with Crippen LogP contribution in [0.4, 0.5) is 0 Å². The maximum Gasteiger partial charge on any atom is 0.326 e. The summed E-state index contributed by atoms with van der Waals surface area (Å²) in [6, 6.07) is 9.83. The summed E-state index contributed by atoms with van der Waals surface area (Å²) in [5, 5.41) is 35.8.